The first-order chi connectivity index (χ1) is 9.83. The topological polar surface area (TPSA) is 29.3 Å². The Labute approximate surface area is 120 Å². The van der Waals surface area contributed by atoms with Gasteiger partial charge in [-0.3, -0.25) is 0 Å². The van der Waals surface area contributed by atoms with Crippen LogP contribution in [0.25, 0.3) is 0 Å². The summed E-state index contributed by atoms with van der Waals surface area (Å²) in [4.78, 5) is 2.52. The quantitative estimate of drug-likeness (QED) is 0.898. The van der Waals surface area contributed by atoms with Crippen LogP contribution in [0.2, 0.25) is 0 Å². The van der Waals surface area contributed by atoms with E-state index in [1.54, 1.807) is 0 Å². The van der Waals surface area contributed by atoms with Gasteiger partial charge in [0, 0.05) is 24.8 Å². The number of hydrogen-bond donors (Lipinski definition) is 1. The van der Waals surface area contributed by atoms with Crippen LogP contribution in [0.5, 0.6) is 0 Å². The Morgan fingerprint density at radius 3 is 2.75 bits per heavy atom. The molecule has 0 saturated carbocycles. The first-order valence-electron chi connectivity index (χ1n) is 7.50. The van der Waals surface area contributed by atoms with Crippen molar-refractivity contribution in [2.45, 2.75) is 31.3 Å². The highest BCUT2D eigenvalue weighted by Gasteiger charge is 2.35. The predicted molar refractivity (Wildman–Crippen MR) is 82.8 cm³/mol. The van der Waals surface area contributed by atoms with Crippen molar-refractivity contribution in [3.05, 3.63) is 65.2 Å². The second-order valence-corrected chi connectivity index (χ2v) is 6.01. The summed E-state index contributed by atoms with van der Waals surface area (Å²) in [6.07, 6.45) is 2.37. The van der Waals surface area contributed by atoms with Crippen molar-refractivity contribution in [2.75, 3.05) is 11.4 Å². The summed E-state index contributed by atoms with van der Waals surface area (Å²) in [6.45, 7) is 2.14. The lowest BCUT2D eigenvalue weighted by atomic mass is 9.91. The van der Waals surface area contributed by atoms with Crippen molar-refractivity contribution in [3.63, 3.8) is 0 Å². The lowest BCUT2D eigenvalue weighted by molar-refractivity contribution is 0.540. The van der Waals surface area contributed by atoms with E-state index < -0.39 is 0 Å². The second kappa shape index (κ2) is 4.64. The third kappa shape index (κ3) is 1.83. The van der Waals surface area contributed by atoms with E-state index >= 15 is 0 Å². The van der Waals surface area contributed by atoms with Crippen LogP contribution >= 0.6 is 0 Å². The van der Waals surface area contributed by atoms with Gasteiger partial charge in [0.05, 0.1) is 0 Å². The van der Waals surface area contributed by atoms with E-state index in [9.17, 15) is 0 Å². The van der Waals surface area contributed by atoms with Crippen molar-refractivity contribution in [2.24, 2.45) is 5.73 Å². The molecule has 0 saturated heterocycles. The molecule has 1 aliphatic heterocycles. The fourth-order valence-corrected chi connectivity index (χ4v) is 3.83. The molecule has 102 valence electrons. The van der Waals surface area contributed by atoms with E-state index in [1.807, 2.05) is 0 Å². The van der Waals surface area contributed by atoms with Crippen molar-refractivity contribution < 1.29 is 0 Å². The van der Waals surface area contributed by atoms with Gasteiger partial charge in [-0.05, 0) is 41.5 Å². The average Bonchev–Trinajstić information content (AvgIpc) is 2.82. The molecule has 0 amide bonds. The van der Waals surface area contributed by atoms with Gasteiger partial charge in [-0.15, -0.1) is 0 Å². The monoisotopic (exact) mass is 264 g/mol. The maximum absolute atomic E-state index is 6.29. The van der Waals surface area contributed by atoms with Crippen LogP contribution < -0.4 is 10.6 Å². The van der Waals surface area contributed by atoms with Crippen molar-refractivity contribution in [1.29, 1.82) is 0 Å². The Morgan fingerprint density at radius 2 is 1.90 bits per heavy atom. The third-order valence-corrected chi connectivity index (χ3v) is 4.77. The van der Waals surface area contributed by atoms with Crippen LogP contribution in [-0.2, 0) is 6.54 Å². The molecule has 2 heteroatoms. The van der Waals surface area contributed by atoms with Gasteiger partial charge in [0.15, 0.2) is 0 Å². The molecule has 0 bridgehead atoms. The molecule has 1 aliphatic carbocycles. The van der Waals surface area contributed by atoms with Crippen molar-refractivity contribution in [3.8, 4) is 0 Å². The minimum absolute atomic E-state index is 0.242. The number of benzene rings is 2. The Morgan fingerprint density at radius 1 is 1.05 bits per heavy atom. The minimum atomic E-state index is 0.242. The van der Waals surface area contributed by atoms with Gasteiger partial charge in [-0.2, -0.15) is 0 Å². The SMILES string of the molecule is NC1CC2CCN(Cc3ccccc3)c3cccc1c32. The smallest absolute Gasteiger partial charge is 0.0429 e. The fourth-order valence-electron chi connectivity index (χ4n) is 3.83. The van der Waals surface area contributed by atoms with Crippen molar-refractivity contribution in [1.82, 2.24) is 0 Å². The molecule has 2 unspecified atom stereocenters. The zero-order valence-corrected chi connectivity index (χ0v) is 11.6. The molecule has 2 N–H and O–H groups in total. The van der Waals surface area contributed by atoms with Gasteiger partial charge in [0.1, 0.15) is 0 Å². The molecule has 2 aliphatic rings. The zero-order chi connectivity index (χ0) is 13.5. The summed E-state index contributed by atoms with van der Waals surface area (Å²) in [7, 11) is 0. The molecule has 2 nitrogen and oxygen atoms in total. The normalized spacial score (nSPS) is 23.8. The highest BCUT2D eigenvalue weighted by Crippen LogP contribution is 2.48. The Kier molecular flexibility index (Phi) is 2.78. The van der Waals surface area contributed by atoms with Crippen molar-refractivity contribution >= 4 is 5.69 Å². The fraction of sp³-hybridized carbons (Fsp3) is 0.333. The molecular weight excluding hydrogens is 244 g/mol. The largest absolute Gasteiger partial charge is 0.367 e. The zero-order valence-electron chi connectivity index (χ0n) is 11.6. The molecular formula is C18H20N2. The van der Waals surface area contributed by atoms with E-state index in [1.165, 1.54) is 28.8 Å². The first kappa shape index (κ1) is 12.0. The van der Waals surface area contributed by atoms with E-state index in [-0.39, 0.29) is 6.04 Å². The Hall–Kier alpha value is -1.80. The molecule has 20 heavy (non-hydrogen) atoms. The van der Waals surface area contributed by atoms with Crippen LogP contribution in [0.15, 0.2) is 48.5 Å². The Bertz CT molecular complexity index is 621. The third-order valence-electron chi connectivity index (χ3n) is 4.77. The number of hydrogen-bond acceptors (Lipinski definition) is 2. The van der Waals surface area contributed by atoms with E-state index in [0.717, 1.165) is 19.5 Å². The van der Waals surface area contributed by atoms with Gasteiger partial charge in [0.2, 0.25) is 0 Å². The molecule has 1 heterocycles. The van der Waals surface area contributed by atoms with E-state index in [2.05, 4.69) is 53.4 Å². The summed E-state index contributed by atoms with van der Waals surface area (Å²) in [5.74, 6) is 0.684. The number of rotatable bonds is 2. The summed E-state index contributed by atoms with van der Waals surface area (Å²) in [5.41, 5.74) is 12.0. The standard InChI is InChI=1S/C18H20N2/c19-16-11-14-9-10-20(12-13-5-2-1-3-6-13)17-8-4-7-15(16)18(14)17/h1-8,14,16H,9-12,19H2. The van der Waals surface area contributed by atoms with Crippen LogP contribution in [0.1, 0.15) is 41.5 Å². The van der Waals surface area contributed by atoms with Gasteiger partial charge in [-0.25, -0.2) is 0 Å². The highest BCUT2D eigenvalue weighted by molar-refractivity contribution is 5.63. The molecule has 2 aromatic carbocycles. The summed E-state index contributed by atoms with van der Waals surface area (Å²) >= 11 is 0. The predicted octanol–water partition coefficient (Wildman–Crippen LogP) is 3.58. The lowest BCUT2D eigenvalue weighted by Crippen LogP contribution is -2.30. The second-order valence-electron chi connectivity index (χ2n) is 6.01. The summed E-state index contributed by atoms with van der Waals surface area (Å²) in [5, 5.41) is 0. The van der Waals surface area contributed by atoms with E-state index in [0.29, 0.717) is 5.92 Å². The van der Waals surface area contributed by atoms with Crippen LogP contribution in [0.3, 0.4) is 0 Å². The molecule has 0 spiro atoms. The highest BCUT2D eigenvalue weighted by atomic mass is 15.1. The number of nitrogens with two attached hydrogens (primary N) is 1. The molecule has 0 fully saturated rings. The average molecular weight is 264 g/mol. The minimum Gasteiger partial charge on any atom is -0.367 e. The number of nitrogens with zero attached hydrogens (tertiary/aromatic N) is 1. The van der Waals surface area contributed by atoms with Gasteiger partial charge < -0.3 is 10.6 Å². The summed E-state index contributed by atoms with van der Waals surface area (Å²) < 4.78 is 0. The molecule has 2 atom stereocenters. The Balaban J connectivity index is 1.71. The van der Waals surface area contributed by atoms with Crippen LogP contribution in [-0.4, -0.2) is 6.54 Å². The number of anilines is 1. The molecule has 0 aromatic heterocycles. The van der Waals surface area contributed by atoms with Gasteiger partial charge >= 0.3 is 0 Å². The molecule has 2 aromatic rings. The maximum atomic E-state index is 6.29. The van der Waals surface area contributed by atoms with E-state index in [4.69, 9.17) is 5.73 Å². The van der Waals surface area contributed by atoms with Crippen LogP contribution in [0, 0.1) is 0 Å². The summed E-state index contributed by atoms with van der Waals surface area (Å²) in [6, 6.07) is 17.6. The van der Waals surface area contributed by atoms with Crippen LogP contribution in [0.4, 0.5) is 5.69 Å². The molecule has 4 rings (SSSR count). The molecule has 0 radical (unpaired) electrons. The van der Waals surface area contributed by atoms with Gasteiger partial charge in [-0.1, -0.05) is 42.5 Å². The maximum Gasteiger partial charge on any atom is 0.0429 e. The van der Waals surface area contributed by atoms with Gasteiger partial charge in [0.25, 0.3) is 0 Å². The first-order valence-corrected chi connectivity index (χ1v) is 7.50. The lowest BCUT2D eigenvalue weighted by Gasteiger charge is -2.34.